The first-order valence-electron chi connectivity index (χ1n) is 12.6. The van der Waals surface area contributed by atoms with Crippen LogP contribution in [0.4, 0.5) is 5.69 Å². The average Bonchev–Trinajstić information content (AvgIpc) is 3.39. The van der Waals surface area contributed by atoms with Crippen LogP contribution < -0.4 is 5.32 Å². The summed E-state index contributed by atoms with van der Waals surface area (Å²) in [7, 11) is 0. The summed E-state index contributed by atoms with van der Waals surface area (Å²) in [5.41, 5.74) is 7.65. The number of hydrazone groups is 1. The van der Waals surface area contributed by atoms with E-state index in [4.69, 9.17) is 45.5 Å². The van der Waals surface area contributed by atoms with E-state index >= 15 is 0 Å². The molecule has 6 rings (SSSR count). The predicted octanol–water partition coefficient (Wildman–Crippen LogP) is 9.07. The molecule has 0 spiro atoms. The lowest BCUT2D eigenvalue weighted by atomic mass is 9.89. The van der Waals surface area contributed by atoms with E-state index in [9.17, 15) is 0 Å². The van der Waals surface area contributed by atoms with Gasteiger partial charge in [0.1, 0.15) is 0 Å². The maximum absolute atomic E-state index is 6.71. The maximum Gasteiger partial charge on any atom is 0.194 e. The molecule has 0 saturated carbocycles. The molecular weight excluding hydrogens is 543 g/mol. The number of pyridine rings is 1. The Morgan fingerprint density at radius 3 is 2.31 bits per heavy atom. The average molecular weight is 568 g/mol. The van der Waals surface area contributed by atoms with Crippen LogP contribution in [0.15, 0.2) is 108 Å². The third-order valence-electron chi connectivity index (χ3n) is 6.89. The van der Waals surface area contributed by atoms with Crippen LogP contribution in [0, 0.1) is 6.92 Å². The second kappa shape index (κ2) is 10.8. The van der Waals surface area contributed by atoms with E-state index in [1.54, 1.807) is 0 Å². The van der Waals surface area contributed by atoms with Crippen molar-refractivity contribution in [3.05, 3.63) is 130 Å². The Morgan fingerprint density at radius 2 is 1.56 bits per heavy atom. The molecule has 1 atom stereocenters. The minimum atomic E-state index is -0.185. The number of anilines is 1. The van der Waals surface area contributed by atoms with Gasteiger partial charge in [-0.2, -0.15) is 5.10 Å². The first-order valence-corrected chi connectivity index (χ1v) is 13.8. The van der Waals surface area contributed by atoms with Crippen molar-refractivity contribution < 1.29 is 0 Å². The minimum Gasteiger partial charge on any atom is -0.331 e. The third kappa shape index (κ3) is 5.01. The molecule has 1 aliphatic heterocycles. The Balaban J connectivity index is 1.53. The van der Waals surface area contributed by atoms with E-state index in [-0.39, 0.29) is 6.04 Å². The fourth-order valence-electron chi connectivity index (χ4n) is 5.15. The van der Waals surface area contributed by atoms with Gasteiger partial charge >= 0.3 is 0 Å². The fourth-order valence-corrected chi connectivity index (χ4v) is 5.87. The van der Waals surface area contributed by atoms with Crippen molar-refractivity contribution in [3.8, 4) is 11.1 Å². The van der Waals surface area contributed by atoms with Crippen LogP contribution in [0.2, 0.25) is 10.0 Å². The highest BCUT2D eigenvalue weighted by atomic mass is 35.5. The maximum atomic E-state index is 6.71. The Hall–Kier alpha value is -3.77. The number of nitrogens with one attached hydrogen (secondary N) is 1. The van der Waals surface area contributed by atoms with Gasteiger partial charge in [0.05, 0.1) is 17.3 Å². The van der Waals surface area contributed by atoms with E-state index in [0.717, 1.165) is 50.2 Å². The molecule has 4 nitrogen and oxygen atoms in total. The molecule has 0 aliphatic carbocycles. The molecule has 7 heteroatoms. The first kappa shape index (κ1) is 25.5. The van der Waals surface area contributed by atoms with Gasteiger partial charge in [-0.05, 0) is 66.7 Å². The molecule has 1 N–H and O–H groups in total. The van der Waals surface area contributed by atoms with Crippen molar-refractivity contribution in [1.82, 2.24) is 9.99 Å². The van der Waals surface area contributed by atoms with Crippen molar-refractivity contribution in [2.24, 2.45) is 5.10 Å². The zero-order valence-electron chi connectivity index (χ0n) is 21.1. The molecule has 192 valence electrons. The molecule has 2 heterocycles. The zero-order chi connectivity index (χ0) is 26.9. The molecule has 1 aliphatic rings. The summed E-state index contributed by atoms with van der Waals surface area (Å²) in [5, 5.41) is 13.2. The molecule has 4 aromatic carbocycles. The number of nitrogens with zero attached hydrogens (tertiary/aromatic N) is 3. The summed E-state index contributed by atoms with van der Waals surface area (Å²) < 4.78 is 0. The van der Waals surface area contributed by atoms with Crippen molar-refractivity contribution in [2.75, 3.05) is 5.32 Å². The quantitative estimate of drug-likeness (QED) is 0.220. The normalized spacial score (nSPS) is 14.9. The van der Waals surface area contributed by atoms with Crippen molar-refractivity contribution in [1.29, 1.82) is 0 Å². The topological polar surface area (TPSA) is 40.5 Å². The number of hydrogen-bond donors (Lipinski definition) is 1. The second-order valence-electron chi connectivity index (χ2n) is 9.40. The zero-order valence-corrected chi connectivity index (χ0v) is 23.4. The predicted molar refractivity (Wildman–Crippen MR) is 167 cm³/mol. The van der Waals surface area contributed by atoms with E-state index < -0.39 is 0 Å². The first-order chi connectivity index (χ1) is 19.0. The fraction of sp³-hybridized carbons (Fsp3) is 0.0938. The monoisotopic (exact) mass is 566 g/mol. The number of fused-ring (bicyclic) bond motifs is 1. The van der Waals surface area contributed by atoms with Crippen molar-refractivity contribution >= 4 is 62.8 Å². The standard InChI is InChI=1S/C32H24Cl2N4S/c1-20-30(31(21-10-4-2-5-11-21)25-18-22(33)16-17-27(25)35-20)28-19-29(24-14-8-9-15-26(24)34)38(37-28)32(39)36-23-12-6-3-7-13-23/h2-18,29H,19H2,1H3,(H,36,39)/t29-/m0/s1. The van der Waals surface area contributed by atoms with E-state index in [2.05, 4.69) is 17.4 Å². The van der Waals surface area contributed by atoms with Gasteiger partial charge in [-0.15, -0.1) is 0 Å². The second-order valence-corrected chi connectivity index (χ2v) is 10.6. The molecule has 0 fully saturated rings. The number of thiocarbonyl (C=S) groups is 1. The minimum absolute atomic E-state index is 0.185. The molecule has 0 bridgehead atoms. The van der Waals surface area contributed by atoms with Gasteiger partial charge in [-0.3, -0.25) is 4.98 Å². The van der Waals surface area contributed by atoms with Gasteiger partial charge in [0.15, 0.2) is 5.11 Å². The number of benzene rings is 4. The number of para-hydroxylation sites is 1. The number of aromatic nitrogens is 1. The highest BCUT2D eigenvalue weighted by Crippen LogP contribution is 2.41. The summed E-state index contributed by atoms with van der Waals surface area (Å²) in [6, 6.07) is 33.7. The Kier molecular flexibility index (Phi) is 7.05. The largest absolute Gasteiger partial charge is 0.331 e. The number of rotatable bonds is 4. The Morgan fingerprint density at radius 1 is 0.872 bits per heavy atom. The highest BCUT2D eigenvalue weighted by molar-refractivity contribution is 7.80. The third-order valence-corrected chi connectivity index (χ3v) is 7.76. The van der Waals surface area contributed by atoms with Gasteiger partial charge in [0.25, 0.3) is 0 Å². The van der Waals surface area contributed by atoms with Gasteiger partial charge in [-0.1, -0.05) is 89.9 Å². The molecular formula is C32H24Cl2N4S. The summed E-state index contributed by atoms with van der Waals surface area (Å²) >= 11 is 19.1. The van der Waals surface area contributed by atoms with Gasteiger partial charge in [-0.25, -0.2) is 5.01 Å². The van der Waals surface area contributed by atoms with E-state index in [1.807, 2.05) is 103 Å². The molecule has 39 heavy (non-hydrogen) atoms. The summed E-state index contributed by atoms with van der Waals surface area (Å²) in [6.45, 7) is 2.03. The van der Waals surface area contributed by atoms with Crippen molar-refractivity contribution in [2.45, 2.75) is 19.4 Å². The Bertz CT molecular complexity index is 1720. The van der Waals surface area contributed by atoms with Crippen LogP contribution in [-0.2, 0) is 0 Å². The Labute approximate surface area is 242 Å². The number of aryl methyl sites for hydroxylation is 1. The molecule has 5 aromatic rings. The smallest absolute Gasteiger partial charge is 0.194 e. The van der Waals surface area contributed by atoms with Crippen LogP contribution in [0.3, 0.4) is 0 Å². The lowest BCUT2D eigenvalue weighted by Crippen LogP contribution is -2.31. The van der Waals surface area contributed by atoms with E-state index in [1.165, 1.54) is 0 Å². The lowest BCUT2D eigenvalue weighted by Gasteiger charge is -2.25. The van der Waals surface area contributed by atoms with Crippen LogP contribution in [-0.4, -0.2) is 20.8 Å². The van der Waals surface area contributed by atoms with Crippen LogP contribution in [0.25, 0.3) is 22.0 Å². The van der Waals surface area contributed by atoms with Gasteiger partial charge < -0.3 is 5.32 Å². The molecule has 0 saturated heterocycles. The molecule has 0 amide bonds. The van der Waals surface area contributed by atoms with Crippen LogP contribution >= 0.6 is 35.4 Å². The molecule has 0 unspecified atom stereocenters. The summed E-state index contributed by atoms with van der Waals surface area (Å²) in [4.78, 5) is 4.97. The highest BCUT2D eigenvalue weighted by Gasteiger charge is 2.35. The summed E-state index contributed by atoms with van der Waals surface area (Å²) in [5.74, 6) is 0. The van der Waals surface area contributed by atoms with Crippen molar-refractivity contribution in [3.63, 3.8) is 0 Å². The van der Waals surface area contributed by atoms with Gasteiger partial charge in [0.2, 0.25) is 0 Å². The number of hydrogen-bond acceptors (Lipinski definition) is 3. The molecule has 1 aromatic heterocycles. The van der Waals surface area contributed by atoms with Crippen LogP contribution in [0.1, 0.15) is 29.3 Å². The lowest BCUT2D eigenvalue weighted by molar-refractivity contribution is 0.375. The van der Waals surface area contributed by atoms with Gasteiger partial charge in [0, 0.05) is 44.4 Å². The summed E-state index contributed by atoms with van der Waals surface area (Å²) in [6.07, 6.45) is 0.606. The van der Waals surface area contributed by atoms with E-state index in [0.29, 0.717) is 21.6 Å². The van der Waals surface area contributed by atoms with Crippen LogP contribution in [0.5, 0.6) is 0 Å². The SMILES string of the molecule is Cc1nc2ccc(Cl)cc2c(-c2ccccc2)c1C1=NN(C(=S)Nc2ccccc2)[C@H](c2ccccc2Cl)C1. The number of halogens is 2. The molecule has 0 radical (unpaired) electrons.